The third-order valence-electron chi connectivity index (χ3n) is 3.04. The maximum Gasteiger partial charge on any atom is 0.278 e. The first-order valence-corrected chi connectivity index (χ1v) is 6.23. The Bertz CT molecular complexity index is 831. The van der Waals surface area contributed by atoms with E-state index in [1.807, 2.05) is 65.3 Å². The van der Waals surface area contributed by atoms with E-state index in [9.17, 15) is 0 Å². The Morgan fingerprint density at radius 2 is 1.75 bits per heavy atom. The van der Waals surface area contributed by atoms with Crippen molar-refractivity contribution < 1.29 is 4.52 Å². The number of pyridine rings is 1. The lowest BCUT2D eigenvalue weighted by Gasteiger charge is -1.90. The van der Waals surface area contributed by atoms with Crippen LogP contribution in [0.15, 0.2) is 65.4 Å². The number of benzene rings is 1. The second kappa shape index (κ2) is 4.31. The van der Waals surface area contributed by atoms with Crippen molar-refractivity contribution in [2.24, 2.45) is 0 Å². The van der Waals surface area contributed by atoms with Crippen molar-refractivity contribution in [1.82, 2.24) is 19.5 Å². The standard InChI is InChI=1S/C15H10N4O/c1-2-6-11(7-3-1)14-17-15(20-18-14)12-10-19-9-5-4-8-13(19)16-12/h1-10H. The average molecular weight is 262 g/mol. The molecule has 0 fully saturated rings. The van der Waals surface area contributed by atoms with Crippen LogP contribution < -0.4 is 0 Å². The van der Waals surface area contributed by atoms with Crippen molar-refractivity contribution in [2.45, 2.75) is 0 Å². The van der Waals surface area contributed by atoms with Gasteiger partial charge in [0.1, 0.15) is 11.3 Å². The van der Waals surface area contributed by atoms with Crippen molar-refractivity contribution in [3.05, 3.63) is 60.9 Å². The summed E-state index contributed by atoms with van der Waals surface area (Å²) >= 11 is 0. The molecular weight excluding hydrogens is 252 g/mol. The summed E-state index contributed by atoms with van der Waals surface area (Å²) in [6.07, 6.45) is 3.80. The van der Waals surface area contributed by atoms with Crippen molar-refractivity contribution in [2.75, 3.05) is 0 Å². The fourth-order valence-corrected chi connectivity index (χ4v) is 2.07. The molecule has 0 saturated carbocycles. The maximum absolute atomic E-state index is 5.30. The van der Waals surface area contributed by atoms with Gasteiger partial charge in [0, 0.05) is 18.0 Å². The van der Waals surface area contributed by atoms with Crippen molar-refractivity contribution >= 4 is 5.65 Å². The summed E-state index contributed by atoms with van der Waals surface area (Å²) in [6.45, 7) is 0. The van der Waals surface area contributed by atoms with E-state index < -0.39 is 0 Å². The predicted octanol–water partition coefficient (Wildman–Crippen LogP) is 3.05. The molecule has 20 heavy (non-hydrogen) atoms. The number of hydrogen-bond acceptors (Lipinski definition) is 4. The topological polar surface area (TPSA) is 56.2 Å². The highest BCUT2D eigenvalue weighted by Crippen LogP contribution is 2.21. The van der Waals surface area contributed by atoms with Gasteiger partial charge in [0.25, 0.3) is 5.89 Å². The summed E-state index contributed by atoms with van der Waals surface area (Å²) in [5.74, 6) is 0.991. The van der Waals surface area contributed by atoms with E-state index in [0.717, 1.165) is 11.2 Å². The van der Waals surface area contributed by atoms with Gasteiger partial charge >= 0.3 is 0 Å². The Kier molecular flexibility index (Phi) is 2.35. The summed E-state index contributed by atoms with van der Waals surface area (Å²) < 4.78 is 7.22. The Labute approximate surface area is 114 Å². The molecule has 5 heteroatoms. The second-order valence-electron chi connectivity index (χ2n) is 4.38. The number of fused-ring (bicyclic) bond motifs is 1. The molecule has 0 N–H and O–H groups in total. The van der Waals surface area contributed by atoms with Crippen molar-refractivity contribution in [3.63, 3.8) is 0 Å². The molecule has 3 aromatic heterocycles. The summed E-state index contributed by atoms with van der Waals surface area (Å²) in [5, 5.41) is 4.00. The van der Waals surface area contributed by atoms with Gasteiger partial charge in [0.05, 0.1) is 0 Å². The van der Waals surface area contributed by atoms with E-state index in [2.05, 4.69) is 15.1 Å². The number of aromatic nitrogens is 4. The number of nitrogens with zero attached hydrogens (tertiary/aromatic N) is 4. The van der Waals surface area contributed by atoms with Crippen molar-refractivity contribution in [3.8, 4) is 23.0 Å². The molecule has 0 amide bonds. The first-order chi connectivity index (χ1) is 9.90. The molecule has 0 saturated heterocycles. The Balaban J connectivity index is 1.78. The van der Waals surface area contributed by atoms with Gasteiger partial charge in [0.15, 0.2) is 0 Å². The summed E-state index contributed by atoms with van der Waals surface area (Å²) in [5.41, 5.74) is 2.44. The van der Waals surface area contributed by atoms with E-state index in [4.69, 9.17) is 4.52 Å². The lowest BCUT2D eigenvalue weighted by molar-refractivity contribution is 0.431. The van der Waals surface area contributed by atoms with Gasteiger partial charge in [-0.1, -0.05) is 41.6 Å². The zero-order chi connectivity index (χ0) is 13.4. The fraction of sp³-hybridized carbons (Fsp3) is 0. The lowest BCUT2D eigenvalue weighted by Crippen LogP contribution is -1.80. The molecule has 0 unspecified atom stereocenters. The SMILES string of the molecule is c1ccc(-c2noc(-c3cn4ccccc4n3)n2)cc1. The minimum Gasteiger partial charge on any atom is -0.332 e. The van der Waals surface area contributed by atoms with E-state index in [0.29, 0.717) is 17.4 Å². The average Bonchev–Trinajstić information content (AvgIpc) is 3.14. The molecule has 96 valence electrons. The van der Waals surface area contributed by atoms with Crippen LogP contribution in [0.4, 0.5) is 0 Å². The van der Waals surface area contributed by atoms with Crippen LogP contribution in [0.3, 0.4) is 0 Å². The third kappa shape index (κ3) is 1.76. The third-order valence-corrected chi connectivity index (χ3v) is 3.04. The van der Waals surface area contributed by atoms with Gasteiger partial charge in [-0.05, 0) is 12.1 Å². The maximum atomic E-state index is 5.30. The largest absolute Gasteiger partial charge is 0.332 e. The van der Waals surface area contributed by atoms with Crippen LogP contribution in [0, 0.1) is 0 Å². The molecular formula is C15H10N4O. The Hall–Kier alpha value is -2.95. The molecule has 1 aromatic carbocycles. The minimum absolute atomic E-state index is 0.424. The minimum atomic E-state index is 0.424. The molecule has 0 aliphatic rings. The zero-order valence-electron chi connectivity index (χ0n) is 10.5. The molecule has 0 spiro atoms. The molecule has 5 nitrogen and oxygen atoms in total. The van der Waals surface area contributed by atoms with Gasteiger partial charge < -0.3 is 8.92 Å². The quantitative estimate of drug-likeness (QED) is 0.557. The molecule has 0 aliphatic carbocycles. The summed E-state index contributed by atoms with van der Waals surface area (Å²) in [7, 11) is 0. The monoisotopic (exact) mass is 262 g/mol. The fourth-order valence-electron chi connectivity index (χ4n) is 2.07. The van der Waals surface area contributed by atoms with E-state index in [1.165, 1.54) is 0 Å². The highest BCUT2D eigenvalue weighted by Gasteiger charge is 2.13. The zero-order valence-corrected chi connectivity index (χ0v) is 10.5. The Morgan fingerprint density at radius 1 is 0.900 bits per heavy atom. The van der Waals surface area contributed by atoms with Crippen LogP contribution in [0.2, 0.25) is 0 Å². The molecule has 0 atom stereocenters. The van der Waals surface area contributed by atoms with Crippen LogP contribution in [0.5, 0.6) is 0 Å². The van der Waals surface area contributed by atoms with E-state index in [1.54, 1.807) is 0 Å². The molecule has 0 bridgehead atoms. The summed E-state index contributed by atoms with van der Waals surface area (Å²) in [6, 6.07) is 15.5. The van der Waals surface area contributed by atoms with Crippen LogP contribution in [0.1, 0.15) is 0 Å². The van der Waals surface area contributed by atoms with Crippen LogP contribution >= 0.6 is 0 Å². The van der Waals surface area contributed by atoms with Crippen molar-refractivity contribution in [1.29, 1.82) is 0 Å². The van der Waals surface area contributed by atoms with Gasteiger partial charge in [0.2, 0.25) is 5.82 Å². The predicted molar refractivity (Wildman–Crippen MR) is 73.9 cm³/mol. The number of imidazole rings is 1. The first kappa shape index (κ1) is 10.9. The second-order valence-corrected chi connectivity index (χ2v) is 4.38. The van der Waals surface area contributed by atoms with Gasteiger partial charge in [-0.2, -0.15) is 4.98 Å². The number of rotatable bonds is 2. The first-order valence-electron chi connectivity index (χ1n) is 6.23. The van der Waals surface area contributed by atoms with E-state index >= 15 is 0 Å². The normalized spacial score (nSPS) is 11.0. The highest BCUT2D eigenvalue weighted by molar-refractivity contribution is 5.59. The Morgan fingerprint density at radius 3 is 2.60 bits per heavy atom. The molecule has 4 aromatic rings. The lowest BCUT2D eigenvalue weighted by atomic mass is 10.2. The summed E-state index contributed by atoms with van der Waals surface area (Å²) in [4.78, 5) is 8.85. The van der Waals surface area contributed by atoms with Crippen LogP contribution in [-0.2, 0) is 0 Å². The molecule has 0 radical (unpaired) electrons. The van der Waals surface area contributed by atoms with Gasteiger partial charge in [-0.3, -0.25) is 0 Å². The van der Waals surface area contributed by atoms with Crippen LogP contribution in [-0.4, -0.2) is 19.5 Å². The number of hydrogen-bond donors (Lipinski definition) is 0. The van der Waals surface area contributed by atoms with Crippen LogP contribution in [0.25, 0.3) is 28.6 Å². The van der Waals surface area contributed by atoms with Gasteiger partial charge in [-0.25, -0.2) is 4.98 Å². The smallest absolute Gasteiger partial charge is 0.278 e. The highest BCUT2D eigenvalue weighted by atomic mass is 16.5. The molecule has 0 aliphatic heterocycles. The van der Waals surface area contributed by atoms with Gasteiger partial charge in [-0.15, -0.1) is 0 Å². The molecule has 3 heterocycles. The molecule has 4 rings (SSSR count). The van der Waals surface area contributed by atoms with E-state index in [-0.39, 0.29) is 0 Å².